The number of para-hydroxylation sites is 1. The molecule has 1 aromatic carbocycles. The van der Waals surface area contributed by atoms with Gasteiger partial charge >= 0.3 is 6.09 Å². The van der Waals surface area contributed by atoms with E-state index < -0.39 is 15.6 Å². The Kier molecular flexibility index (Phi) is 7.44. The molecule has 1 atom stereocenters. The summed E-state index contributed by atoms with van der Waals surface area (Å²) < 4.78 is 37.7. The molecular formula is C24H38N2O5S. The third-order valence-electron chi connectivity index (χ3n) is 6.50. The van der Waals surface area contributed by atoms with Crippen LogP contribution in [0.3, 0.4) is 0 Å². The average molecular weight is 467 g/mol. The first-order valence-corrected chi connectivity index (χ1v) is 13.3. The number of amides is 1. The van der Waals surface area contributed by atoms with E-state index in [-0.39, 0.29) is 17.4 Å². The number of carbonyl (C=O) groups excluding carboxylic acids is 1. The molecule has 0 aliphatic carbocycles. The van der Waals surface area contributed by atoms with E-state index in [4.69, 9.17) is 9.47 Å². The number of hydrogen-bond donors (Lipinski definition) is 0. The van der Waals surface area contributed by atoms with Crippen molar-refractivity contribution in [2.24, 2.45) is 0 Å². The Balaban J connectivity index is 1.66. The van der Waals surface area contributed by atoms with Gasteiger partial charge in [0.05, 0.1) is 5.75 Å². The molecule has 0 bridgehead atoms. The standard InChI is InChI=1S/C24H38N2O5S/c1-6-32(28,29)25(5)15-9-10-19-18-24(30-21-12-8-7-11-20(19)21)13-16-26(17-14-24)22(27)31-23(2,3)4/h7-8,11-12,19H,6,9-10,13-18H2,1-5H3. The van der Waals surface area contributed by atoms with Crippen LogP contribution >= 0.6 is 0 Å². The number of nitrogens with zero attached hydrogens (tertiary/aromatic N) is 2. The Morgan fingerprint density at radius 3 is 2.53 bits per heavy atom. The van der Waals surface area contributed by atoms with E-state index in [2.05, 4.69) is 6.07 Å². The number of carbonyl (C=O) groups is 1. The highest BCUT2D eigenvalue weighted by Crippen LogP contribution is 2.47. The van der Waals surface area contributed by atoms with Crippen LogP contribution in [0.1, 0.15) is 71.3 Å². The highest BCUT2D eigenvalue weighted by molar-refractivity contribution is 7.89. The Morgan fingerprint density at radius 1 is 1.25 bits per heavy atom. The van der Waals surface area contributed by atoms with Crippen LogP contribution in [-0.2, 0) is 14.8 Å². The highest BCUT2D eigenvalue weighted by Gasteiger charge is 2.44. The normalized spacial score (nSPS) is 20.7. The Bertz CT molecular complexity index is 901. The first kappa shape index (κ1) is 24.8. The molecule has 32 heavy (non-hydrogen) atoms. The third kappa shape index (κ3) is 5.95. The number of rotatable bonds is 6. The van der Waals surface area contributed by atoms with Crippen LogP contribution in [-0.4, -0.2) is 67.4 Å². The summed E-state index contributed by atoms with van der Waals surface area (Å²) in [5.41, 5.74) is 0.406. The zero-order chi connectivity index (χ0) is 23.6. The molecule has 3 rings (SSSR count). The average Bonchev–Trinajstić information content (AvgIpc) is 2.72. The second-order valence-corrected chi connectivity index (χ2v) is 12.4. The minimum absolute atomic E-state index is 0.126. The van der Waals surface area contributed by atoms with Crippen molar-refractivity contribution in [2.75, 3.05) is 32.4 Å². The van der Waals surface area contributed by atoms with Gasteiger partial charge in [0.25, 0.3) is 0 Å². The number of fused-ring (bicyclic) bond motifs is 1. The predicted molar refractivity (Wildman–Crippen MR) is 126 cm³/mol. The van der Waals surface area contributed by atoms with Gasteiger partial charge in [0.2, 0.25) is 10.0 Å². The quantitative estimate of drug-likeness (QED) is 0.622. The van der Waals surface area contributed by atoms with Crippen molar-refractivity contribution in [1.82, 2.24) is 9.21 Å². The molecule has 2 aliphatic heterocycles. The molecule has 8 heteroatoms. The number of benzene rings is 1. The molecule has 7 nitrogen and oxygen atoms in total. The minimum Gasteiger partial charge on any atom is -0.487 e. The largest absolute Gasteiger partial charge is 0.487 e. The Labute approximate surface area is 193 Å². The van der Waals surface area contributed by atoms with E-state index in [1.165, 1.54) is 9.87 Å². The molecule has 1 fully saturated rings. The summed E-state index contributed by atoms with van der Waals surface area (Å²) in [5.74, 6) is 1.36. The van der Waals surface area contributed by atoms with E-state index in [0.29, 0.717) is 25.6 Å². The van der Waals surface area contributed by atoms with E-state index >= 15 is 0 Å². The summed E-state index contributed by atoms with van der Waals surface area (Å²) in [6.07, 6.45) is 3.86. The lowest BCUT2D eigenvalue weighted by atomic mass is 9.76. The molecule has 2 heterocycles. The first-order valence-electron chi connectivity index (χ1n) is 11.6. The molecule has 0 saturated carbocycles. The van der Waals surface area contributed by atoms with Gasteiger partial charge in [-0.2, -0.15) is 0 Å². The molecule has 0 N–H and O–H groups in total. The van der Waals surface area contributed by atoms with Gasteiger partial charge < -0.3 is 14.4 Å². The molecular weight excluding hydrogens is 428 g/mol. The van der Waals surface area contributed by atoms with Crippen molar-refractivity contribution in [3.05, 3.63) is 29.8 Å². The summed E-state index contributed by atoms with van der Waals surface area (Å²) >= 11 is 0. The molecule has 0 radical (unpaired) electrons. The van der Waals surface area contributed by atoms with Crippen molar-refractivity contribution < 1.29 is 22.7 Å². The van der Waals surface area contributed by atoms with E-state index in [1.807, 2.05) is 39.0 Å². The number of piperidine rings is 1. The summed E-state index contributed by atoms with van der Waals surface area (Å²) in [6.45, 7) is 9.06. The zero-order valence-corrected chi connectivity index (χ0v) is 20.9. The topological polar surface area (TPSA) is 76.2 Å². The van der Waals surface area contributed by atoms with E-state index in [1.54, 1.807) is 18.9 Å². The molecule has 1 saturated heterocycles. The van der Waals surface area contributed by atoms with Gasteiger partial charge in [-0.1, -0.05) is 18.2 Å². The molecule has 1 spiro atoms. The monoisotopic (exact) mass is 466 g/mol. The van der Waals surface area contributed by atoms with Gasteiger partial charge in [-0.15, -0.1) is 0 Å². The van der Waals surface area contributed by atoms with Crippen LogP contribution in [0.4, 0.5) is 4.79 Å². The summed E-state index contributed by atoms with van der Waals surface area (Å²) in [7, 11) is -1.50. The molecule has 180 valence electrons. The Morgan fingerprint density at radius 2 is 1.91 bits per heavy atom. The van der Waals surface area contributed by atoms with E-state index in [0.717, 1.165) is 37.9 Å². The number of sulfonamides is 1. The smallest absolute Gasteiger partial charge is 0.410 e. The van der Waals surface area contributed by atoms with E-state index in [9.17, 15) is 13.2 Å². The van der Waals surface area contributed by atoms with Gasteiger partial charge in [-0.05, 0) is 64.5 Å². The lowest BCUT2D eigenvalue weighted by Crippen LogP contribution is -2.52. The molecule has 0 aromatic heterocycles. The molecule has 1 amide bonds. The van der Waals surface area contributed by atoms with Crippen molar-refractivity contribution in [1.29, 1.82) is 0 Å². The number of likely N-dealkylation sites (tertiary alicyclic amines) is 1. The van der Waals surface area contributed by atoms with Crippen molar-refractivity contribution >= 4 is 16.1 Å². The first-order chi connectivity index (χ1) is 14.9. The summed E-state index contributed by atoms with van der Waals surface area (Å²) in [6, 6.07) is 8.17. The Hall–Kier alpha value is -1.80. The lowest BCUT2D eigenvalue weighted by molar-refractivity contribution is -0.0330. The second kappa shape index (κ2) is 9.59. The fraction of sp³-hybridized carbons (Fsp3) is 0.708. The zero-order valence-electron chi connectivity index (χ0n) is 20.1. The van der Waals surface area contributed by atoms with Crippen LogP contribution in [0.2, 0.25) is 0 Å². The molecule has 1 aromatic rings. The summed E-state index contributed by atoms with van der Waals surface area (Å²) in [4.78, 5) is 14.2. The fourth-order valence-corrected chi connectivity index (χ4v) is 5.50. The summed E-state index contributed by atoms with van der Waals surface area (Å²) in [5, 5.41) is 0. The van der Waals surface area contributed by atoms with Gasteiger partial charge in [0, 0.05) is 39.5 Å². The highest BCUT2D eigenvalue weighted by atomic mass is 32.2. The van der Waals surface area contributed by atoms with Gasteiger partial charge in [-0.25, -0.2) is 17.5 Å². The van der Waals surface area contributed by atoms with Crippen molar-refractivity contribution in [3.8, 4) is 5.75 Å². The fourth-order valence-electron chi connectivity index (χ4n) is 4.65. The maximum Gasteiger partial charge on any atom is 0.410 e. The van der Waals surface area contributed by atoms with Crippen LogP contribution < -0.4 is 4.74 Å². The SMILES string of the molecule is CCS(=O)(=O)N(C)CCCC1CC2(CCN(C(=O)OC(C)(C)C)CC2)Oc2ccccc21. The van der Waals surface area contributed by atoms with Crippen LogP contribution in [0.5, 0.6) is 5.75 Å². The van der Waals surface area contributed by atoms with Crippen LogP contribution in [0.15, 0.2) is 24.3 Å². The van der Waals surface area contributed by atoms with Gasteiger partial charge in [0.1, 0.15) is 17.0 Å². The maximum atomic E-state index is 12.5. The lowest BCUT2D eigenvalue weighted by Gasteiger charge is -2.47. The number of hydrogen-bond acceptors (Lipinski definition) is 5. The number of ether oxygens (including phenoxy) is 2. The minimum atomic E-state index is -3.16. The predicted octanol–water partition coefficient (Wildman–Crippen LogP) is 4.38. The van der Waals surface area contributed by atoms with Crippen LogP contribution in [0.25, 0.3) is 0 Å². The second-order valence-electron chi connectivity index (χ2n) is 10.1. The maximum absolute atomic E-state index is 12.5. The van der Waals surface area contributed by atoms with Gasteiger partial charge in [0.15, 0.2) is 0 Å². The third-order valence-corrected chi connectivity index (χ3v) is 8.36. The molecule has 2 aliphatic rings. The van der Waals surface area contributed by atoms with Crippen molar-refractivity contribution in [3.63, 3.8) is 0 Å². The van der Waals surface area contributed by atoms with Crippen LogP contribution in [0, 0.1) is 0 Å². The molecule has 1 unspecified atom stereocenters. The van der Waals surface area contributed by atoms with Crippen molar-refractivity contribution in [2.45, 2.75) is 76.9 Å². The van der Waals surface area contributed by atoms with Gasteiger partial charge in [-0.3, -0.25) is 0 Å².